The van der Waals surface area contributed by atoms with Gasteiger partial charge in [0.1, 0.15) is 17.3 Å². The van der Waals surface area contributed by atoms with E-state index in [2.05, 4.69) is 33.1 Å². The van der Waals surface area contributed by atoms with E-state index in [1.54, 1.807) is 0 Å². The molecule has 0 radical (unpaired) electrons. The van der Waals surface area contributed by atoms with Crippen molar-refractivity contribution in [2.24, 2.45) is 4.99 Å². The van der Waals surface area contributed by atoms with Crippen LogP contribution >= 0.6 is 11.8 Å². The molecule has 0 amide bonds. The van der Waals surface area contributed by atoms with Crippen molar-refractivity contribution in [3.63, 3.8) is 0 Å². The summed E-state index contributed by atoms with van der Waals surface area (Å²) in [5.74, 6) is 5.08. The van der Waals surface area contributed by atoms with E-state index >= 15 is 0 Å². The van der Waals surface area contributed by atoms with E-state index in [-0.39, 0.29) is 0 Å². The van der Waals surface area contributed by atoms with Crippen molar-refractivity contribution in [2.45, 2.75) is 6.54 Å². The van der Waals surface area contributed by atoms with Crippen LogP contribution in [0.5, 0.6) is 11.5 Å². The quantitative estimate of drug-likeness (QED) is 0.703. The SMILES string of the molecule is C1=NCC(c2ccc(Oc3ccc4nc(CN5CCSCC5)[nH]c4c3)cc2)=C1. The number of fused-ring (bicyclic) bond motifs is 1. The number of ether oxygens (including phenoxy) is 1. The van der Waals surface area contributed by atoms with Crippen LogP contribution in [0.4, 0.5) is 0 Å². The Hall–Kier alpha value is -2.57. The number of hydrogen-bond acceptors (Lipinski definition) is 5. The fourth-order valence-electron chi connectivity index (χ4n) is 3.56. The topological polar surface area (TPSA) is 53.5 Å². The fourth-order valence-corrected chi connectivity index (χ4v) is 4.54. The molecule has 0 aliphatic carbocycles. The van der Waals surface area contributed by atoms with Crippen LogP contribution in [0.2, 0.25) is 0 Å². The van der Waals surface area contributed by atoms with Crippen LogP contribution in [0.3, 0.4) is 0 Å². The van der Waals surface area contributed by atoms with Gasteiger partial charge >= 0.3 is 0 Å². The number of hydrogen-bond donors (Lipinski definition) is 1. The van der Waals surface area contributed by atoms with Crippen LogP contribution in [0.1, 0.15) is 11.4 Å². The number of imidazole rings is 1. The Morgan fingerprint density at radius 1 is 1.04 bits per heavy atom. The van der Waals surface area contributed by atoms with E-state index < -0.39 is 0 Å². The van der Waals surface area contributed by atoms with E-state index in [4.69, 9.17) is 9.72 Å². The van der Waals surface area contributed by atoms with Crippen molar-refractivity contribution in [2.75, 3.05) is 31.1 Å². The number of nitrogens with one attached hydrogen (secondary N) is 1. The van der Waals surface area contributed by atoms with Gasteiger partial charge in [-0.25, -0.2) is 4.98 Å². The van der Waals surface area contributed by atoms with Crippen LogP contribution in [0.25, 0.3) is 16.6 Å². The van der Waals surface area contributed by atoms with Crippen LogP contribution in [-0.2, 0) is 6.54 Å². The zero-order chi connectivity index (χ0) is 18.8. The first-order valence-corrected chi connectivity index (χ1v) is 10.7. The molecule has 3 heterocycles. The third kappa shape index (κ3) is 3.84. The highest BCUT2D eigenvalue weighted by Crippen LogP contribution is 2.27. The zero-order valence-corrected chi connectivity index (χ0v) is 16.4. The normalized spacial score (nSPS) is 17.2. The summed E-state index contributed by atoms with van der Waals surface area (Å²) in [6.45, 7) is 3.91. The predicted molar refractivity (Wildman–Crippen MR) is 117 cm³/mol. The lowest BCUT2D eigenvalue weighted by molar-refractivity contribution is 0.288. The second-order valence-corrected chi connectivity index (χ2v) is 8.28. The first kappa shape index (κ1) is 17.5. The van der Waals surface area contributed by atoms with E-state index in [0.29, 0.717) is 0 Å². The highest BCUT2D eigenvalue weighted by atomic mass is 32.2. The number of aliphatic imine (C=N–C) groups is 1. The van der Waals surface area contributed by atoms with Crippen LogP contribution in [0, 0.1) is 0 Å². The average molecular weight is 391 g/mol. The largest absolute Gasteiger partial charge is 0.457 e. The minimum Gasteiger partial charge on any atom is -0.457 e. The van der Waals surface area contributed by atoms with E-state index in [1.807, 2.05) is 48.3 Å². The van der Waals surface area contributed by atoms with Gasteiger partial charge in [0.05, 0.1) is 24.1 Å². The molecular formula is C22H22N4OS. The maximum Gasteiger partial charge on any atom is 0.129 e. The predicted octanol–water partition coefficient (Wildman–Crippen LogP) is 4.37. The number of aromatic amines is 1. The summed E-state index contributed by atoms with van der Waals surface area (Å²) in [4.78, 5) is 14.9. The lowest BCUT2D eigenvalue weighted by Crippen LogP contribution is -2.32. The van der Waals surface area contributed by atoms with Crippen LogP contribution in [0.15, 0.2) is 53.5 Å². The number of nitrogens with zero attached hydrogens (tertiary/aromatic N) is 3. The van der Waals surface area contributed by atoms with Crippen molar-refractivity contribution in [1.82, 2.24) is 14.9 Å². The van der Waals surface area contributed by atoms with Crippen molar-refractivity contribution < 1.29 is 4.74 Å². The molecule has 0 bridgehead atoms. The van der Waals surface area contributed by atoms with Gasteiger partial charge in [-0.2, -0.15) is 11.8 Å². The molecule has 2 aliphatic rings. The van der Waals surface area contributed by atoms with Crippen molar-refractivity contribution in [3.05, 3.63) is 59.9 Å². The molecule has 1 saturated heterocycles. The molecular weight excluding hydrogens is 368 g/mol. The van der Waals surface area contributed by atoms with Crippen molar-refractivity contribution >= 4 is 34.6 Å². The molecule has 5 rings (SSSR count). The van der Waals surface area contributed by atoms with Gasteiger partial charge in [-0.15, -0.1) is 0 Å². The lowest BCUT2D eigenvalue weighted by Gasteiger charge is -2.24. The molecule has 28 heavy (non-hydrogen) atoms. The maximum absolute atomic E-state index is 6.05. The van der Waals surface area contributed by atoms with Crippen molar-refractivity contribution in [1.29, 1.82) is 0 Å². The smallest absolute Gasteiger partial charge is 0.129 e. The van der Waals surface area contributed by atoms with E-state index in [9.17, 15) is 0 Å². The highest BCUT2D eigenvalue weighted by molar-refractivity contribution is 7.99. The first-order valence-electron chi connectivity index (χ1n) is 9.59. The first-order chi connectivity index (χ1) is 13.8. The molecule has 0 unspecified atom stereocenters. The Labute approximate surface area is 168 Å². The molecule has 0 atom stereocenters. The van der Waals surface area contributed by atoms with Crippen molar-refractivity contribution in [3.8, 4) is 11.5 Å². The molecule has 6 heteroatoms. The number of allylic oxidation sites excluding steroid dienone is 1. The molecule has 2 aromatic carbocycles. The minimum absolute atomic E-state index is 0.759. The molecule has 1 fully saturated rings. The molecule has 3 aromatic rings. The number of H-pyrrole nitrogens is 1. The number of thioether (sulfide) groups is 1. The van der Waals surface area contributed by atoms with E-state index in [1.165, 1.54) is 22.6 Å². The maximum atomic E-state index is 6.05. The third-order valence-corrected chi connectivity index (χ3v) is 6.03. The van der Waals surface area contributed by atoms with E-state index in [0.717, 1.165) is 54.5 Å². The number of rotatable bonds is 5. The number of benzene rings is 2. The summed E-state index contributed by atoms with van der Waals surface area (Å²) < 4.78 is 6.05. The van der Waals surface area contributed by atoms with Gasteiger partial charge in [0.25, 0.3) is 0 Å². The second kappa shape index (κ2) is 7.81. The monoisotopic (exact) mass is 390 g/mol. The Bertz CT molecular complexity index is 1030. The molecule has 0 saturated carbocycles. The zero-order valence-electron chi connectivity index (χ0n) is 15.6. The van der Waals surface area contributed by atoms with Crippen LogP contribution < -0.4 is 4.74 Å². The molecule has 5 nitrogen and oxygen atoms in total. The van der Waals surface area contributed by atoms with Gasteiger partial charge in [0.2, 0.25) is 0 Å². The average Bonchev–Trinajstić information content (AvgIpc) is 3.39. The van der Waals surface area contributed by atoms with Gasteiger partial charge in [-0.3, -0.25) is 9.89 Å². The highest BCUT2D eigenvalue weighted by Gasteiger charge is 2.13. The molecule has 1 N–H and O–H groups in total. The standard InChI is InChI=1S/C22H22N4OS/c1-3-18(4-2-16(1)17-7-8-23-14-17)27-19-5-6-20-21(13-19)25-22(24-20)15-26-9-11-28-12-10-26/h1-8,13H,9-12,14-15H2,(H,24,25). The van der Waals surface area contributed by atoms with Gasteiger partial charge < -0.3 is 9.72 Å². The summed E-state index contributed by atoms with van der Waals surface area (Å²) in [6, 6.07) is 14.2. The van der Waals surface area contributed by atoms with Crippen LogP contribution in [-0.4, -0.2) is 52.2 Å². The summed E-state index contributed by atoms with van der Waals surface area (Å²) in [5, 5.41) is 0. The minimum atomic E-state index is 0.759. The summed E-state index contributed by atoms with van der Waals surface area (Å²) >= 11 is 2.03. The lowest BCUT2D eigenvalue weighted by atomic mass is 10.1. The summed E-state index contributed by atoms with van der Waals surface area (Å²) in [7, 11) is 0. The second-order valence-electron chi connectivity index (χ2n) is 7.06. The Morgan fingerprint density at radius 3 is 2.64 bits per heavy atom. The van der Waals surface area contributed by atoms with Gasteiger partial charge in [-0.1, -0.05) is 12.1 Å². The molecule has 0 spiro atoms. The summed E-state index contributed by atoms with van der Waals surface area (Å²) in [5.41, 5.74) is 4.43. The molecule has 142 valence electrons. The molecule has 2 aliphatic heterocycles. The Kier molecular flexibility index (Phi) is 4.89. The summed E-state index contributed by atoms with van der Waals surface area (Å²) in [6.07, 6.45) is 3.92. The number of aromatic nitrogens is 2. The fraction of sp³-hybridized carbons (Fsp3) is 0.273. The molecule has 1 aromatic heterocycles. The Morgan fingerprint density at radius 2 is 1.86 bits per heavy atom. The Balaban J connectivity index is 1.29. The van der Waals surface area contributed by atoms with Gasteiger partial charge in [-0.05, 0) is 41.5 Å². The van der Waals surface area contributed by atoms with Gasteiger partial charge in [0, 0.05) is 36.9 Å². The third-order valence-electron chi connectivity index (χ3n) is 5.08. The van der Waals surface area contributed by atoms with Gasteiger partial charge in [0.15, 0.2) is 0 Å².